The van der Waals surface area contributed by atoms with Gasteiger partial charge in [-0.05, 0) is 18.8 Å². The molecule has 12 heavy (non-hydrogen) atoms. The van der Waals surface area contributed by atoms with Crippen molar-refractivity contribution in [2.24, 2.45) is 11.7 Å². The summed E-state index contributed by atoms with van der Waals surface area (Å²) < 4.78 is 0. The highest BCUT2D eigenvalue weighted by molar-refractivity contribution is 5.72. The van der Waals surface area contributed by atoms with Crippen molar-refractivity contribution in [2.45, 2.75) is 45.6 Å². The van der Waals surface area contributed by atoms with E-state index in [1.807, 2.05) is 0 Å². The molecule has 1 unspecified atom stereocenters. The molecule has 0 radical (unpaired) electrons. The number of hydrogen-bond acceptors (Lipinski definition) is 2. The lowest BCUT2D eigenvalue weighted by atomic mass is 9.98. The van der Waals surface area contributed by atoms with E-state index in [0.717, 1.165) is 19.3 Å². The maximum Gasteiger partial charge on any atom is 0.320 e. The summed E-state index contributed by atoms with van der Waals surface area (Å²) in [5.74, 6) is -0.293. The molecule has 0 aliphatic rings. The average Bonchev–Trinajstić information content (AvgIpc) is 2.00. The van der Waals surface area contributed by atoms with Crippen molar-refractivity contribution in [1.29, 1.82) is 0 Å². The third-order valence-electron chi connectivity index (χ3n) is 2.07. The monoisotopic (exact) mass is 173 g/mol. The summed E-state index contributed by atoms with van der Waals surface area (Å²) in [5, 5.41) is 8.50. The topological polar surface area (TPSA) is 63.3 Å². The van der Waals surface area contributed by atoms with Gasteiger partial charge in [0, 0.05) is 0 Å². The third-order valence-corrected chi connectivity index (χ3v) is 2.07. The van der Waals surface area contributed by atoms with Crippen LogP contribution in [0.25, 0.3) is 0 Å². The van der Waals surface area contributed by atoms with Gasteiger partial charge in [-0.3, -0.25) is 4.79 Å². The van der Waals surface area contributed by atoms with E-state index >= 15 is 0 Å². The van der Waals surface area contributed by atoms with E-state index in [-0.39, 0.29) is 0 Å². The molecule has 3 nitrogen and oxygen atoms in total. The highest BCUT2D eigenvalue weighted by atomic mass is 16.4. The van der Waals surface area contributed by atoms with Crippen molar-refractivity contribution in [3.05, 3.63) is 0 Å². The molecule has 2 atom stereocenters. The van der Waals surface area contributed by atoms with Gasteiger partial charge in [-0.1, -0.05) is 26.7 Å². The van der Waals surface area contributed by atoms with Crippen molar-refractivity contribution in [3.63, 3.8) is 0 Å². The van der Waals surface area contributed by atoms with Crippen LogP contribution >= 0.6 is 0 Å². The Morgan fingerprint density at radius 1 is 1.42 bits per heavy atom. The molecule has 0 rings (SSSR count). The molecule has 0 saturated heterocycles. The van der Waals surface area contributed by atoms with Gasteiger partial charge in [0.2, 0.25) is 0 Å². The summed E-state index contributed by atoms with van der Waals surface area (Å²) in [6.07, 6.45) is 3.83. The first-order valence-corrected chi connectivity index (χ1v) is 4.56. The van der Waals surface area contributed by atoms with E-state index in [1.54, 1.807) is 0 Å². The van der Waals surface area contributed by atoms with Crippen LogP contribution < -0.4 is 5.73 Å². The molecule has 3 heteroatoms. The summed E-state index contributed by atoms with van der Waals surface area (Å²) in [5.41, 5.74) is 5.36. The van der Waals surface area contributed by atoms with Crippen LogP contribution in [-0.2, 0) is 4.79 Å². The van der Waals surface area contributed by atoms with E-state index in [9.17, 15) is 4.79 Å². The Morgan fingerprint density at radius 3 is 2.42 bits per heavy atom. The summed E-state index contributed by atoms with van der Waals surface area (Å²) in [6.45, 7) is 4.27. The van der Waals surface area contributed by atoms with Gasteiger partial charge in [0.1, 0.15) is 6.04 Å². The molecule has 0 saturated carbocycles. The Kier molecular flexibility index (Phi) is 5.72. The van der Waals surface area contributed by atoms with Crippen LogP contribution in [0.15, 0.2) is 0 Å². The molecular weight excluding hydrogens is 154 g/mol. The Balaban J connectivity index is 3.46. The molecule has 72 valence electrons. The summed E-state index contributed by atoms with van der Waals surface area (Å²) in [6, 6.07) is -0.677. The SMILES string of the molecule is CCC[C@@H](C)CCC(N)C(=O)O. The fraction of sp³-hybridized carbons (Fsp3) is 0.889. The Hall–Kier alpha value is -0.570. The van der Waals surface area contributed by atoms with E-state index in [2.05, 4.69) is 13.8 Å². The van der Waals surface area contributed by atoms with Crippen LogP contribution in [0.1, 0.15) is 39.5 Å². The maximum absolute atomic E-state index is 10.3. The van der Waals surface area contributed by atoms with E-state index in [0.29, 0.717) is 12.3 Å². The molecule has 0 aromatic rings. The first kappa shape index (κ1) is 11.4. The molecule has 0 bridgehead atoms. The second-order valence-electron chi connectivity index (χ2n) is 3.42. The second-order valence-corrected chi connectivity index (χ2v) is 3.42. The minimum Gasteiger partial charge on any atom is -0.480 e. The van der Waals surface area contributed by atoms with E-state index < -0.39 is 12.0 Å². The lowest BCUT2D eigenvalue weighted by molar-refractivity contribution is -0.138. The average molecular weight is 173 g/mol. The molecular formula is C9H19NO2. The molecule has 3 N–H and O–H groups in total. The number of aliphatic carboxylic acids is 1. The van der Waals surface area contributed by atoms with Crippen LogP contribution in [0.2, 0.25) is 0 Å². The van der Waals surface area contributed by atoms with Crippen molar-refractivity contribution >= 4 is 5.97 Å². The summed E-state index contributed by atoms with van der Waals surface area (Å²) in [4.78, 5) is 10.3. The predicted molar refractivity (Wildman–Crippen MR) is 48.9 cm³/mol. The fourth-order valence-electron chi connectivity index (χ4n) is 1.22. The number of hydrogen-bond donors (Lipinski definition) is 2. The Morgan fingerprint density at radius 2 is 2.00 bits per heavy atom. The van der Waals surface area contributed by atoms with Crippen LogP contribution in [0.4, 0.5) is 0 Å². The van der Waals surface area contributed by atoms with Gasteiger partial charge in [-0.25, -0.2) is 0 Å². The number of carboxylic acid groups (broad SMARTS) is 1. The van der Waals surface area contributed by atoms with Gasteiger partial charge in [0.15, 0.2) is 0 Å². The molecule has 0 aromatic carbocycles. The van der Waals surface area contributed by atoms with Crippen LogP contribution in [0.5, 0.6) is 0 Å². The summed E-state index contributed by atoms with van der Waals surface area (Å²) in [7, 11) is 0. The molecule has 0 aliphatic heterocycles. The van der Waals surface area contributed by atoms with Crippen LogP contribution in [0, 0.1) is 5.92 Å². The Bertz CT molecular complexity index is 136. The summed E-state index contributed by atoms with van der Waals surface area (Å²) >= 11 is 0. The van der Waals surface area contributed by atoms with Gasteiger partial charge in [0.05, 0.1) is 0 Å². The van der Waals surface area contributed by atoms with Crippen LogP contribution in [0.3, 0.4) is 0 Å². The van der Waals surface area contributed by atoms with Crippen molar-refractivity contribution < 1.29 is 9.90 Å². The zero-order chi connectivity index (χ0) is 9.56. The van der Waals surface area contributed by atoms with Crippen LogP contribution in [-0.4, -0.2) is 17.1 Å². The number of rotatable bonds is 6. The van der Waals surface area contributed by atoms with E-state index in [4.69, 9.17) is 10.8 Å². The quantitative estimate of drug-likeness (QED) is 0.641. The molecule has 0 aliphatic carbocycles. The molecule has 0 amide bonds. The molecule has 0 spiro atoms. The van der Waals surface area contributed by atoms with Crippen molar-refractivity contribution in [3.8, 4) is 0 Å². The number of carboxylic acids is 1. The highest BCUT2D eigenvalue weighted by Gasteiger charge is 2.12. The van der Waals surface area contributed by atoms with Crippen molar-refractivity contribution in [2.75, 3.05) is 0 Å². The van der Waals surface area contributed by atoms with Gasteiger partial charge >= 0.3 is 5.97 Å². The lowest BCUT2D eigenvalue weighted by Gasteiger charge is -2.11. The second kappa shape index (κ2) is 6.00. The molecule has 0 heterocycles. The first-order valence-electron chi connectivity index (χ1n) is 4.56. The van der Waals surface area contributed by atoms with Gasteiger partial charge in [-0.2, -0.15) is 0 Å². The van der Waals surface area contributed by atoms with E-state index in [1.165, 1.54) is 0 Å². The number of nitrogens with two attached hydrogens (primary N) is 1. The first-order chi connectivity index (χ1) is 5.57. The highest BCUT2D eigenvalue weighted by Crippen LogP contribution is 2.12. The molecule has 0 fully saturated rings. The van der Waals surface area contributed by atoms with Gasteiger partial charge in [-0.15, -0.1) is 0 Å². The third kappa shape index (κ3) is 5.13. The zero-order valence-corrected chi connectivity index (χ0v) is 7.92. The predicted octanol–water partition coefficient (Wildman–Crippen LogP) is 1.61. The number of carbonyl (C=O) groups is 1. The smallest absolute Gasteiger partial charge is 0.320 e. The van der Waals surface area contributed by atoms with Gasteiger partial charge in [0.25, 0.3) is 0 Å². The maximum atomic E-state index is 10.3. The fourth-order valence-corrected chi connectivity index (χ4v) is 1.22. The molecule has 0 aromatic heterocycles. The Labute approximate surface area is 74.0 Å². The lowest BCUT2D eigenvalue weighted by Crippen LogP contribution is -2.30. The minimum absolute atomic E-state index is 0.594. The van der Waals surface area contributed by atoms with Gasteiger partial charge < -0.3 is 10.8 Å². The van der Waals surface area contributed by atoms with Crippen molar-refractivity contribution in [1.82, 2.24) is 0 Å². The normalized spacial score (nSPS) is 15.6. The standard InChI is InChI=1S/C9H19NO2/c1-3-4-7(2)5-6-8(10)9(11)12/h7-8H,3-6,10H2,1-2H3,(H,11,12)/t7-,8?/m1/s1. The minimum atomic E-state index is -0.890. The largest absolute Gasteiger partial charge is 0.480 e. The zero-order valence-electron chi connectivity index (χ0n) is 7.92.